The van der Waals surface area contributed by atoms with E-state index in [4.69, 9.17) is 0 Å². The molecule has 0 unspecified atom stereocenters. The molecule has 11 atom stereocenters. The summed E-state index contributed by atoms with van der Waals surface area (Å²) in [6.45, 7) is 9.37. The van der Waals surface area contributed by atoms with Gasteiger partial charge in [-0.1, -0.05) is 34.1 Å². The van der Waals surface area contributed by atoms with Gasteiger partial charge in [-0.25, -0.2) is 17.9 Å². The minimum atomic E-state index is -4.10. The van der Waals surface area contributed by atoms with Crippen molar-refractivity contribution in [3.05, 3.63) is 0 Å². The summed E-state index contributed by atoms with van der Waals surface area (Å²) in [7, 11) is -7.33. The molecule has 0 bridgehead atoms. The number of hydrogen-bond acceptors (Lipinski definition) is 7. The van der Waals surface area contributed by atoms with E-state index in [2.05, 4.69) is 33.0 Å². The predicted molar refractivity (Wildman–Crippen MR) is 161 cm³/mol. The Labute approximate surface area is 252 Å². The molecule has 0 aromatic rings. The second kappa shape index (κ2) is 11.8. The van der Waals surface area contributed by atoms with Crippen LogP contribution in [-0.4, -0.2) is 80.7 Å². The second-order valence-electron chi connectivity index (χ2n) is 14.8. The topological polar surface area (TPSA) is 153 Å². The number of nitrogens with one attached hydrogen (secondary N) is 2. The summed E-state index contributed by atoms with van der Waals surface area (Å²) in [6, 6.07) is -0.789. The monoisotopic (exact) mass is 631 g/mol. The van der Waals surface area contributed by atoms with Crippen LogP contribution in [0.1, 0.15) is 85.5 Å². The van der Waals surface area contributed by atoms with Gasteiger partial charge >= 0.3 is 16.2 Å². The van der Waals surface area contributed by atoms with Crippen molar-refractivity contribution in [2.45, 2.75) is 97.7 Å². The lowest BCUT2D eigenvalue weighted by molar-refractivity contribution is -0.203. The summed E-state index contributed by atoms with van der Waals surface area (Å²) in [6.07, 6.45) is 8.31. The predicted octanol–water partition coefficient (Wildman–Crippen LogP) is 2.91. The number of sulfone groups is 1. The number of nitrogens with zero attached hydrogens (tertiary/aromatic N) is 1. The van der Waals surface area contributed by atoms with Gasteiger partial charge in [-0.2, -0.15) is 12.7 Å². The fraction of sp³-hybridized carbons (Fsp3) is 0.967. The molecular weight excluding hydrogens is 578 g/mol. The lowest BCUT2D eigenvalue weighted by Gasteiger charge is -2.64. The second-order valence-corrected chi connectivity index (χ2v) is 18.8. The molecule has 10 nitrogen and oxygen atoms in total. The zero-order valence-corrected chi connectivity index (χ0v) is 27.4. The van der Waals surface area contributed by atoms with Gasteiger partial charge in [0.1, 0.15) is 0 Å². The summed E-state index contributed by atoms with van der Waals surface area (Å²) in [5.41, 5.74) is 0.298. The van der Waals surface area contributed by atoms with E-state index < -0.39 is 26.1 Å². The molecule has 0 spiro atoms. The minimum Gasteiger partial charge on any atom is -0.393 e. The van der Waals surface area contributed by atoms with Gasteiger partial charge in [0.15, 0.2) is 9.84 Å². The first-order valence-corrected chi connectivity index (χ1v) is 19.5. The number of aliphatic hydroxyl groups excluding tert-OH is 2. The fourth-order valence-electron chi connectivity index (χ4n) is 10.7. The maximum Gasteiger partial charge on any atom is 0.329 e. The van der Waals surface area contributed by atoms with Crippen molar-refractivity contribution in [3.63, 3.8) is 0 Å². The molecule has 12 heteroatoms. The smallest absolute Gasteiger partial charge is 0.329 e. The molecule has 1 aliphatic heterocycles. The van der Waals surface area contributed by atoms with Crippen molar-refractivity contribution in [2.75, 3.05) is 31.1 Å². The first-order valence-electron chi connectivity index (χ1n) is 16.2. The van der Waals surface area contributed by atoms with Gasteiger partial charge in [-0.3, -0.25) is 0 Å². The SMILES string of the molecule is CC[C@H]1[C@@H](O)[C@@H]2[C@H](CC[C@]3(C)[C@@H]([C@H](C)CCNC(=O)NS(=O)(=O)N4CCS(=O)(=O)CC4)CC[C@@H]23)[C@@]2(C)CC[C@@H](O)C[C@@H]12. The highest BCUT2D eigenvalue weighted by atomic mass is 32.2. The first-order chi connectivity index (χ1) is 19.6. The van der Waals surface area contributed by atoms with Crippen LogP contribution in [0, 0.1) is 52.3 Å². The van der Waals surface area contributed by atoms with Crippen molar-refractivity contribution in [1.82, 2.24) is 14.3 Å². The van der Waals surface area contributed by atoms with Crippen LogP contribution in [0.3, 0.4) is 0 Å². The molecule has 242 valence electrons. The Bertz CT molecular complexity index is 1220. The molecule has 5 fully saturated rings. The van der Waals surface area contributed by atoms with Crippen LogP contribution < -0.4 is 10.0 Å². The number of carbonyl (C=O) groups excluding carboxylic acids is 1. The highest BCUT2D eigenvalue weighted by molar-refractivity contribution is 7.92. The molecule has 0 aromatic heterocycles. The van der Waals surface area contributed by atoms with Gasteiger partial charge in [0.25, 0.3) is 0 Å². The van der Waals surface area contributed by atoms with Crippen molar-refractivity contribution in [2.24, 2.45) is 52.3 Å². The maximum absolute atomic E-state index is 12.6. The first kappa shape index (κ1) is 32.4. The van der Waals surface area contributed by atoms with E-state index in [1.54, 1.807) is 0 Å². The Morgan fingerprint density at radius 3 is 2.31 bits per heavy atom. The van der Waals surface area contributed by atoms with Crippen LogP contribution in [0.5, 0.6) is 0 Å². The lowest BCUT2D eigenvalue weighted by Crippen LogP contribution is -2.62. The lowest BCUT2D eigenvalue weighted by atomic mass is 9.41. The van der Waals surface area contributed by atoms with Gasteiger partial charge in [0.2, 0.25) is 0 Å². The average molecular weight is 632 g/mol. The molecule has 1 heterocycles. The highest BCUT2D eigenvalue weighted by Crippen LogP contribution is 2.69. The van der Waals surface area contributed by atoms with Crippen molar-refractivity contribution >= 4 is 26.1 Å². The molecule has 5 aliphatic rings. The molecule has 4 saturated carbocycles. The standard InChI is InChI=1S/C30H53N3O7S2/c1-5-21-25-18-20(34)8-11-30(25,4)24-9-12-29(3)22(6-7-23(29)26(24)27(21)35)19(2)10-13-31-28(36)32-42(39,40)33-14-16-41(37,38)17-15-33/h19-27,34-35H,5-18H2,1-4H3,(H2,31,32,36)/t19-,20-,21-,22-,23+,24+,25+,26+,27-,29-,30-/m1/s1. The zero-order chi connectivity index (χ0) is 30.7. The van der Waals surface area contributed by atoms with Crippen LogP contribution in [0.4, 0.5) is 4.79 Å². The number of hydrogen-bond donors (Lipinski definition) is 4. The van der Waals surface area contributed by atoms with Crippen molar-refractivity contribution in [3.8, 4) is 0 Å². The zero-order valence-electron chi connectivity index (χ0n) is 25.8. The van der Waals surface area contributed by atoms with E-state index in [9.17, 15) is 31.8 Å². The van der Waals surface area contributed by atoms with E-state index in [1.807, 2.05) is 4.72 Å². The Hall–Kier alpha value is -0.950. The van der Waals surface area contributed by atoms with Gasteiger partial charge in [-0.05, 0) is 104 Å². The Morgan fingerprint density at radius 2 is 1.64 bits per heavy atom. The van der Waals surface area contributed by atoms with E-state index in [0.717, 1.165) is 62.1 Å². The van der Waals surface area contributed by atoms with Crippen molar-refractivity contribution in [1.29, 1.82) is 0 Å². The summed E-state index contributed by atoms with van der Waals surface area (Å²) in [4.78, 5) is 12.5. The summed E-state index contributed by atoms with van der Waals surface area (Å²) in [5, 5.41) is 25.1. The molecule has 0 aromatic carbocycles. The quantitative estimate of drug-likeness (QED) is 0.337. The maximum atomic E-state index is 12.6. The highest BCUT2D eigenvalue weighted by Gasteiger charge is 2.64. The van der Waals surface area contributed by atoms with Crippen LogP contribution in [0.2, 0.25) is 0 Å². The Morgan fingerprint density at radius 1 is 1.00 bits per heavy atom. The molecule has 4 N–H and O–H groups in total. The van der Waals surface area contributed by atoms with Crippen LogP contribution in [0.25, 0.3) is 0 Å². The molecule has 2 amide bonds. The van der Waals surface area contributed by atoms with Gasteiger partial charge < -0.3 is 15.5 Å². The number of urea groups is 1. The largest absolute Gasteiger partial charge is 0.393 e. The molecule has 0 radical (unpaired) electrons. The summed E-state index contributed by atoms with van der Waals surface area (Å²) in [5.74, 6) is 2.19. The molecule has 4 aliphatic carbocycles. The number of aliphatic hydroxyl groups is 2. The third-order valence-corrected chi connectivity index (χ3v) is 16.0. The molecule has 5 rings (SSSR count). The normalized spacial score (nSPS) is 44.3. The molecule has 1 saturated heterocycles. The van der Waals surface area contributed by atoms with Crippen LogP contribution >= 0.6 is 0 Å². The van der Waals surface area contributed by atoms with E-state index >= 15 is 0 Å². The van der Waals surface area contributed by atoms with E-state index in [0.29, 0.717) is 42.1 Å². The number of carbonyl (C=O) groups is 1. The van der Waals surface area contributed by atoms with Crippen LogP contribution in [-0.2, 0) is 20.0 Å². The average Bonchev–Trinajstić information content (AvgIpc) is 3.26. The van der Waals surface area contributed by atoms with Crippen molar-refractivity contribution < 1.29 is 31.8 Å². The number of amides is 2. The number of fused-ring (bicyclic) bond motifs is 5. The summed E-state index contributed by atoms with van der Waals surface area (Å²) >= 11 is 0. The van der Waals surface area contributed by atoms with Gasteiger partial charge in [0, 0.05) is 19.6 Å². The third kappa shape index (κ3) is 5.76. The Kier molecular flexibility index (Phi) is 9.09. The van der Waals surface area contributed by atoms with E-state index in [1.165, 1.54) is 0 Å². The minimum absolute atomic E-state index is 0.122. The van der Waals surface area contributed by atoms with Gasteiger partial charge in [-0.15, -0.1) is 0 Å². The van der Waals surface area contributed by atoms with Crippen LogP contribution in [0.15, 0.2) is 0 Å². The Balaban J connectivity index is 1.19. The third-order valence-electron chi connectivity index (χ3n) is 12.9. The molecular formula is C30H53N3O7S2. The molecule has 42 heavy (non-hydrogen) atoms. The van der Waals surface area contributed by atoms with E-state index in [-0.39, 0.29) is 53.6 Å². The fourth-order valence-corrected chi connectivity index (χ4v) is 13.2. The summed E-state index contributed by atoms with van der Waals surface area (Å²) < 4.78 is 51.4. The van der Waals surface area contributed by atoms with Gasteiger partial charge in [0.05, 0.1) is 23.7 Å². The number of rotatable bonds is 7.